The molecule has 198 valence electrons. The zero-order valence-corrected chi connectivity index (χ0v) is 26.7. The van der Waals surface area contributed by atoms with E-state index in [0.29, 0.717) is 33.9 Å². The number of carbonyl (C=O) groups excluding carboxylic acids is 1. The molecule has 3 aromatic rings. The summed E-state index contributed by atoms with van der Waals surface area (Å²) < 4.78 is 8.32. The van der Waals surface area contributed by atoms with Crippen molar-refractivity contribution in [1.82, 2.24) is 4.90 Å². The number of amidine groups is 1. The lowest BCUT2D eigenvalue weighted by atomic mass is 10.1. The molecule has 1 aliphatic rings. The first-order valence-corrected chi connectivity index (χ1v) is 15.4. The van der Waals surface area contributed by atoms with Crippen LogP contribution in [0.15, 0.2) is 75.0 Å². The van der Waals surface area contributed by atoms with Crippen molar-refractivity contribution < 1.29 is 9.53 Å². The van der Waals surface area contributed by atoms with Crippen LogP contribution in [0.5, 0.6) is 5.75 Å². The van der Waals surface area contributed by atoms with Gasteiger partial charge in [0.15, 0.2) is 5.17 Å². The van der Waals surface area contributed by atoms with E-state index in [1.54, 1.807) is 11.0 Å². The highest BCUT2D eigenvalue weighted by Gasteiger charge is 2.32. The van der Waals surface area contributed by atoms with Crippen LogP contribution in [-0.2, 0) is 11.4 Å². The summed E-state index contributed by atoms with van der Waals surface area (Å²) in [5.41, 5.74) is 3.72. The Labute approximate surface area is 255 Å². The van der Waals surface area contributed by atoms with E-state index < -0.39 is 0 Å². The van der Waals surface area contributed by atoms with Crippen molar-refractivity contribution in [3.8, 4) is 5.75 Å². The number of thioether (sulfide) groups is 1. The number of halogens is 3. The van der Waals surface area contributed by atoms with E-state index in [-0.39, 0.29) is 5.91 Å². The Morgan fingerprint density at radius 2 is 1.82 bits per heavy atom. The van der Waals surface area contributed by atoms with E-state index in [1.807, 2.05) is 31.2 Å². The Kier molecular flexibility index (Phi) is 10.2. The van der Waals surface area contributed by atoms with Crippen molar-refractivity contribution in [2.24, 2.45) is 4.99 Å². The lowest BCUT2D eigenvalue weighted by molar-refractivity contribution is -0.122. The number of hydrogen-bond donors (Lipinski definition) is 0. The molecule has 3 aromatic carbocycles. The van der Waals surface area contributed by atoms with Gasteiger partial charge in [0.05, 0.1) is 15.6 Å². The summed E-state index contributed by atoms with van der Waals surface area (Å²) in [5, 5.41) is 1.20. The van der Waals surface area contributed by atoms with Gasteiger partial charge in [-0.1, -0.05) is 23.7 Å². The molecule has 0 N–H and O–H groups in total. The predicted octanol–water partition coefficient (Wildman–Crippen LogP) is 8.76. The largest absolute Gasteiger partial charge is 0.488 e. The predicted molar refractivity (Wildman–Crippen MR) is 173 cm³/mol. The summed E-state index contributed by atoms with van der Waals surface area (Å²) in [6.45, 7) is 8.97. The molecule has 1 saturated heterocycles. The number of nitrogens with zero attached hydrogens (tertiary/aromatic N) is 3. The molecule has 0 aromatic heterocycles. The minimum atomic E-state index is -0.0733. The molecule has 38 heavy (non-hydrogen) atoms. The first kappa shape index (κ1) is 29.0. The zero-order valence-electron chi connectivity index (χ0n) is 21.4. The Balaban J connectivity index is 1.67. The third kappa shape index (κ3) is 6.94. The highest BCUT2D eigenvalue weighted by atomic mass is 127. The molecule has 0 unspecified atom stereocenters. The molecule has 0 radical (unpaired) electrons. The van der Waals surface area contributed by atoms with E-state index in [2.05, 4.69) is 93.7 Å². The molecule has 1 fully saturated rings. The van der Waals surface area contributed by atoms with Gasteiger partial charge >= 0.3 is 0 Å². The summed E-state index contributed by atoms with van der Waals surface area (Å²) in [7, 11) is 0. The maximum absolute atomic E-state index is 13.3. The van der Waals surface area contributed by atoms with E-state index in [1.165, 1.54) is 15.3 Å². The standard InChI is InChI=1S/C29H28BrClIN3O2S/c1-4-34(5-2)23-13-9-20(26(17-23)37-18-19-7-10-21(32)11-8-19)15-27-28(36)35(6-3)29(38-27)33-22-12-14-24(30)25(31)16-22/h7-17H,4-6,18H2,1-3H3/b27-15-,33-29?. The van der Waals surface area contributed by atoms with Gasteiger partial charge in [-0.2, -0.15) is 0 Å². The number of ether oxygens (including phenoxy) is 1. The van der Waals surface area contributed by atoms with E-state index >= 15 is 0 Å². The van der Waals surface area contributed by atoms with Gasteiger partial charge < -0.3 is 9.64 Å². The smallest absolute Gasteiger partial charge is 0.266 e. The number of amides is 1. The number of benzene rings is 3. The van der Waals surface area contributed by atoms with E-state index in [0.717, 1.165) is 40.1 Å². The van der Waals surface area contributed by atoms with Crippen molar-refractivity contribution >= 4 is 90.4 Å². The Hall–Kier alpha value is -2.01. The second-order valence-corrected chi connectivity index (χ2v) is 12.0. The van der Waals surface area contributed by atoms with Gasteiger partial charge in [-0.25, -0.2) is 4.99 Å². The molecular formula is C29H28BrClIN3O2S. The molecule has 0 bridgehead atoms. The number of hydrogen-bond acceptors (Lipinski definition) is 5. The summed E-state index contributed by atoms with van der Waals surface area (Å²) in [6.07, 6.45) is 1.90. The highest BCUT2D eigenvalue weighted by Crippen LogP contribution is 2.37. The fourth-order valence-electron chi connectivity index (χ4n) is 3.97. The molecule has 1 heterocycles. The molecule has 0 saturated carbocycles. The van der Waals surface area contributed by atoms with Crippen molar-refractivity contribution in [1.29, 1.82) is 0 Å². The van der Waals surface area contributed by atoms with Crippen LogP contribution in [0.4, 0.5) is 11.4 Å². The summed E-state index contributed by atoms with van der Waals surface area (Å²) in [6, 6.07) is 19.9. The van der Waals surface area contributed by atoms with Gasteiger partial charge in [-0.3, -0.25) is 9.69 Å². The zero-order chi connectivity index (χ0) is 27.2. The van der Waals surface area contributed by atoms with Gasteiger partial charge in [0.2, 0.25) is 0 Å². The van der Waals surface area contributed by atoms with Crippen molar-refractivity contribution in [2.45, 2.75) is 27.4 Å². The van der Waals surface area contributed by atoms with Crippen molar-refractivity contribution in [2.75, 3.05) is 24.5 Å². The Morgan fingerprint density at radius 3 is 2.47 bits per heavy atom. The molecule has 0 spiro atoms. The maximum Gasteiger partial charge on any atom is 0.266 e. The molecule has 9 heteroatoms. The average molecular weight is 725 g/mol. The lowest BCUT2D eigenvalue weighted by Gasteiger charge is -2.22. The van der Waals surface area contributed by atoms with Gasteiger partial charge in [0.1, 0.15) is 12.4 Å². The van der Waals surface area contributed by atoms with Crippen LogP contribution < -0.4 is 9.64 Å². The Bertz CT molecular complexity index is 1380. The van der Waals surface area contributed by atoms with E-state index in [9.17, 15) is 4.79 Å². The average Bonchev–Trinajstić information content (AvgIpc) is 3.20. The first-order valence-electron chi connectivity index (χ1n) is 12.3. The van der Waals surface area contributed by atoms with Crippen LogP contribution in [0.1, 0.15) is 31.9 Å². The minimum Gasteiger partial charge on any atom is -0.488 e. The van der Waals surface area contributed by atoms with Crippen LogP contribution in [0.25, 0.3) is 6.08 Å². The number of rotatable bonds is 9. The van der Waals surface area contributed by atoms with Crippen LogP contribution in [-0.4, -0.2) is 35.6 Å². The number of anilines is 1. The van der Waals surface area contributed by atoms with Crippen LogP contribution in [0, 0.1) is 3.57 Å². The molecule has 4 rings (SSSR count). The fourth-order valence-corrected chi connectivity index (χ4v) is 5.81. The van der Waals surface area contributed by atoms with Crippen LogP contribution in [0.2, 0.25) is 5.02 Å². The molecule has 1 amide bonds. The van der Waals surface area contributed by atoms with Gasteiger partial charge in [-0.15, -0.1) is 0 Å². The summed E-state index contributed by atoms with van der Waals surface area (Å²) in [4.78, 5) is 22.6. The molecule has 5 nitrogen and oxygen atoms in total. The van der Waals surface area contributed by atoms with Crippen molar-refractivity contribution in [3.63, 3.8) is 0 Å². The summed E-state index contributed by atoms with van der Waals surface area (Å²) in [5.74, 6) is 0.665. The van der Waals surface area contributed by atoms with Gasteiger partial charge in [0, 0.05) is 45.0 Å². The number of likely N-dealkylation sites (N-methyl/N-ethyl adjacent to an activating group) is 1. The molecule has 0 atom stereocenters. The second kappa shape index (κ2) is 13.4. The molecular weight excluding hydrogens is 697 g/mol. The monoisotopic (exact) mass is 723 g/mol. The topological polar surface area (TPSA) is 45.1 Å². The Morgan fingerprint density at radius 1 is 1.08 bits per heavy atom. The van der Waals surface area contributed by atoms with Crippen molar-refractivity contribution in [3.05, 3.63) is 89.8 Å². The van der Waals surface area contributed by atoms with Crippen LogP contribution >= 0.6 is 61.9 Å². The SMILES string of the molecule is CCN1C(=O)/C(=C/c2ccc(N(CC)CC)cc2OCc2ccc(I)cc2)SC1=Nc1ccc(Br)c(Cl)c1. The summed E-state index contributed by atoms with van der Waals surface area (Å²) >= 11 is 13.3. The fraction of sp³-hybridized carbons (Fsp3) is 0.241. The quantitative estimate of drug-likeness (QED) is 0.164. The normalized spacial score (nSPS) is 15.5. The van der Waals surface area contributed by atoms with Crippen LogP contribution in [0.3, 0.4) is 0 Å². The molecule has 0 aliphatic carbocycles. The first-order chi connectivity index (χ1) is 18.3. The van der Waals surface area contributed by atoms with Gasteiger partial charge in [0.25, 0.3) is 5.91 Å². The third-order valence-corrected chi connectivity index (χ3v) is 9.01. The van der Waals surface area contributed by atoms with E-state index in [4.69, 9.17) is 21.3 Å². The molecule has 1 aliphatic heterocycles. The number of carbonyl (C=O) groups is 1. The third-order valence-electron chi connectivity index (χ3n) is 6.05. The number of aliphatic imine (C=N–C) groups is 1. The lowest BCUT2D eigenvalue weighted by Crippen LogP contribution is -2.28. The minimum absolute atomic E-state index is 0.0733. The highest BCUT2D eigenvalue weighted by molar-refractivity contribution is 14.1. The maximum atomic E-state index is 13.3. The second-order valence-electron chi connectivity index (χ2n) is 8.46. The van der Waals surface area contributed by atoms with Gasteiger partial charge in [-0.05, 0) is 125 Å².